The molecule has 1 aromatic carbocycles. The van der Waals surface area contributed by atoms with E-state index in [9.17, 15) is 4.79 Å². The first-order valence-corrected chi connectivity index (χ1v) is 6.58. The molecule has 3 atom stereocenters. The van der Waals surface area contributed by atoms with Crippen molar-refractivity contribution in [3.63, 3.8) is 0 Å². The SMILES string of the molecule is CC(Cc1cccc(Cl)c1)NC(=O)C(C)C(C)N. The molecule has 0 saturated carbocycles. The van der Waals surface area contributed by atoms with Crippen LogP contribution in [0.4, 0.5) is 0 Å². The maximum atomic E-state index is 11.8. The highest BCUT2D eigenvalue weighted by Gasteiger charge is 2.18. The van der Waals surface area contributed by atoms with Crippen molar-refractivity contribution in [3.05, 3.63) is 34.9 Å². The average Bonchev–Trinajstić information content (AvgIpc) is 2.27. The average molecular weight is 269 g/mol. The number of benzene rings is 1. The highest BCUT2D eigenvalue weighted by molar-refractivity contribution is 6.30. The molecule has 3 N–H and O–H groups in total. The van der Waals surface area contributed by atoms with Gasteiger partial charge in [0.1, 0.15) is 0 Å². The van der Waals surface area contributed by atoms with Gasteiger partial charge in [0.25, 0.3) is 0 Å². The summed E-state index contributed by atoms with van der Waals surface area (Å²) in [6, 6.07) is 7.60. The molecule has 0 aromatic heterocycles. The maximum Gasteiger partial charge on any atom is 0.224 e. The van der Waals surface area contributed by atoms with Crippen molar-refractivity contribution in [1.29, 1.82) is 0 Å². The zero-order chi connectivity index (χ0) is 13.7. The Labute approximate surface area is 114 Å². The van der Waals surface area contributed by atoms with Crippen LogP contribution in [0.3, 0.4) is 0 Å². The molecule has 1 aromatic rings. The van der Waals surface area contributed by atoms with Gasteiger partial charge in [0.05, 0.1) is 0 Å². The van der Waals surface area contributed by atoms with Gasteiger partial charge in [-0.3, -0.25) is 4.79 Å². The number of hydrogen-bond acceptors (Lipinski definition) is 2. The minimum absolute atomic E-state index is 0.000437. The molecule has 0 heterocycles. The molecule has 1 amide bonds. The number of amides is 1. The van der Waals surface area contributed by atoms with Crippen LogP contribution in [0.15, 0.2) is 24.3 Å². The van der Waals surface area contributed by atoms with Crippen LogP contribution in [0.1, 0.15) is 26.3 Å². The number of carbonyl (C=O) groups is 1. The third-order valence-electron chi connectivity index (χ3n) is 3.02. The number of rotatable bonds is 5. The Kier molecular flexibility index (Phi) is 5.63. The fourth-order valence-electron chi connectivity index (χ4n) is 1.68. The van der Waals surface area contributed by atoms with Crippen molar-refractivity contribution >= 4 is 17.5 Å². The predicted molar refractivity (Wildman–Crippen MR) is 75.6 cm³/mol. The Hall–Kier alpha value is -1.06. The van der Waals surface area contributed by atoms with Gasteiger partial charge in [0.2, 0.25) is 5.91 Å². The van der Waals surface area contributed by atoms with Crippen molar-refractivity contribution in [3.8, 4) is 0 Å². The van der Waals surface area contributed by atoms with E-state index in [4.69, 9.17) is 17.3 Å². The molecule has 3 unspecified atom stereocenters. The smallest absolute Gasteiger partial charge is 0.224 e. The van der Waals surface area contributed by atoms with Crippen LogP contribution in [-0.4, -0.2) is 18.0 Å². The lowest BCUT2D eigenvalue weighted by molar-refractivity contribution is -0.125. The molecular weight excluding hydrogens is 248 g/mol. The fraction of sp³-hybridized carbons (Fsp3) is 0.500. The molecule has 0 radical (unpaired) electrons. The van der Waals surface area contributed by atoms with Crippen LogP contribution in [0.5, 0.6) is 0 Å². The minimum Gasteiger partial charge on any atom is -0.353 e. The normalized spacial score (nSPS) is 15.8. The largest absolute Gasteiger partial charge is 0.353 e. The Morgan fingerprint density at radius 2 is 2.06 bits per heavy atom. The number of halogens is 1. The maximum absolute atomic E-state index is 11.8. The molecule has 0 aliphatic heterocycles. The predicted octanol–water partition coefficient (Wildman–Crippen LogP) is 2.37. The highest BCUT2D eigenvalue weighted by Crippen LogP contribution is 2.12. The third-order valence-corrected chi connectivity index (χ3v) is 3.26. The molecule has 18 heavy (non-hydrogen) atoms. The van der Waals surface area contributed by atoms with E-state index < -0.39 is 0 Å². The van der Waals surface area contributed by atoms with Crippen LogP contribution in [0, 0.1) is 5.92 Å². The molecule has 4 heteroatoms. The van der Waals surface area contributed by atoms with E-state index in [0.29, 0.717) is 0 Å². The van der Waals surface area contributed by atoms with Gasteiger partial charge < -0.3 is 11.1 Å². The highest BCUT2D eigenvalue weighted by atomic mass is 35.5. The number of nitrogens with one attached hydrogen (secondary N) is 1. The second kappa shape index (κ2) is 6.76. The molecule has 0 bridgehead atoms. The van der Waals surface area contributed by atoms with Gasteiger partial charge in [0, 0.05) is 23.0 Å². The summed E-state index contributed by atoms with van der Waals surface area (Å²) >= 11 is 5.92. The van der Waals surface area contributed by atoms with E-state index in [-0.39, 0.29) is 23.9 Å². The number of hydrogen-bond donors (Lipinski definition) is 2. The van der Waals surface area contributed by atoms with Crippen molar-refractivity contribution in [1.82, 2.24) is 5.32 Å². The molecule has 0 fully saturated rings. The Morgan fingerprint density at radius 3 is 2.61 bits per heavy atom. The second-order valence-corrected chi connectivity index (χ2v) is 5.33. The quantitative estimate of drug-likeness (QED) is 0.861. The summed E-state index contributed by atoms with van der Waals surface area (Å²) in [7, 11) is 0. The Balaban J connectivity index is 2.51. The number of nitrogens with two attached hydrogens (primary N) is 1. The summed E-state index contributed by atoms with van der Waals surface area (Å²) in [6.45, 7) is 5.66. The fourth-order valence-corrected chi connectivity index (χ4v) is 1.89. The third kappa shape index (κ3) is 4.67. The minimum atomic E-state index is -0.174. The van der Waals surface area contributed by atoms with Crippen LogP contribution in [-0.2, 0) is 11.2 Å². The first-order valence-electron chi connectivity index (χ1n) is 6.20. The molecule has 0 saturated heterocycles. The summed E-state index contributed by atoms with van der Waals surface area (Å²) in [5.41, 5.74) is 6.82. The first kappa shape index (κ1) is 15.0. The Bertz CT molecular complexity index is 407. The zero-order valence-electron chi connectivity index (χ0n) is 11.1. The monoisotopic (exact) mass is 268 g/mol. The van der Waals surface area contributed by atoms with Crippen LogP contribution in [0.2, 0.25) is 5.02 Å². The topological polar surface area (TPSA) is 55.1 Å². The lowest BCUT2D eigenvalue weighted by Gasteiger charge is -2.19. The Morgan fingerprint density at radius 1 is 1.39 bits per heavy atom. The van der Waals surface area contributed by atoms with Crippen molar-refractivity contribution in [2.45, 2.75) is 39.3 Å². The van der Waals surface area contributed by atoms with Crippen molar-refractivity contribution in [2.75, 3.05) is 0 Å². The van der Waals surface area contributed by atoms with Gasteiger partial charge in [-0.2, -0.15) is 0 Å². The lowest BCUT2D eigenvalue weighted by Crippen LogP contribution is -2.43. The van der Waals surface area contributed by atoms with Crippen LogP contribution in [0.25, 0.3) is 0 Å². The first-order chi connectivity index (χ1) is 8.40. The molecule has 0 aliphatic rings. The molecule has 0 spiro atoms. The summed E-state index contributed by atoms with van der Waals surface area (Å²) in [4.78, 5) is 11.8. The lowest BCUT2D eigenvalue weighted by atomic mass is 10.0. The molecule has 3 nitrogen and oxygen atoms in total. The van der Waals surface area contributed by atoms with E-state index in [1.54, 1.807) is 0 Å². The summed E-state index contributed by atoms with van der Waals surface area (Å²) in [6.07, 6.45) is 0.762. The summed E-state index contributed by atoms with van der Waals surface area (Å²) < 4.78 is 0. The molecule has 0 aliphatic carbocycles. The van der Waals surface area contributed by atoms with Gasteiger partial charge in [-0.05, 0) is 38.0 Å². The summed E-state index contributed by atoms with van der Waals surface area (Å²) in [5, 5.41) is 3.68. The van der Waals surface area contributed by atoms with Crippen LogP contribution >= 0.6 is 11.6 Å². The van der Waals surface area contributed by atoms with E-state index in [0.717, 1.165) is 17.0 Å². The van der Waals surface area contributed by atoms with Crippen molar-refractivity contribution < 1.29 is 4.79 Å². The standard InChI is InChI=1S/C14H21ClN2O/c1-9(17-14(18)10(2)11(3)16)7-12-5-4-6-13(15)8-12/h4-6,8-11H,7,16H2,1-3H3,(H,17,18). The van der Waals surface area contributed by atoms with E-state index in [1.165, 1.54) is 0 Å². The van der Waals surface area contributed by atoms with E-state index in [1.807, 2.05) is 45.0 Å². The zero-order valence-corrected chi connectivity index (χ0v) is 11.9. The number of carbonyl (C=O) groups excluding carboxylic acids is 1. The van der Waals surface area contributed by atoms with Gasteiger partial charge >= 0.3 is 0 Å². The second-order valence-electron chi connectivity index (χ2n) is 4.89. The summed E-state index contributed by atoms with van der Waals surface area (Å²) in [5.74, 6) is -0.175. The van der Waals surface area contributed by atoms with E-state index in [2.05, 4.69) is 5.32 Å². The van der Waals surface area contributed by atoms with Gasteiger partial charge in [-0.1, -0.05) is 30.7 Å². The van der Waals surface area contributed by atoms with Gasteiger partial charge in [-0.25, -0.2) is 0 Å². The van der Waals surface area contributed by atoms with Gasteiger partial charge in [-0.15, -0.1) is 0 Å². The van der Waals surface area contributed by atoms with Crippen molar-refractivity contribution in [2.24, 2.45) is 11.7 Å². The van der Waals surface area contributed by atoms with E-state index >= 15 is 0 Å². The molecule has 100 valence electrons. The molecule has 1 rings (SSSR count). The van der Waals surface area contributed by atoms with Gasteiger partial charge in [0.15, 0.2) is 0 Å². The van der Waals surface area contributed by atoms with Crippen LogP contribution < -0.4 is 11.1 Å². The molecular formula is C14H21ClN2O.